The molecule has 0 fully saturated rings. The van der Waals surface area contributed by atoms with Crippen molar-refractivity contribution in [1.82, 2.24) is 0 Å². The van der Waals surface area contributed by atoms with Gasteiger partial charge in [0.2, 0.25) is 0 Å². The summed E-state index contributed by atoms with van der Waals surface area (Å²) in [4.78, 5) is 22.6. The average molecular weight is 938 g/mol. The molecule has 9 heteroatoms. The number of allylic oxidation sites excluding steroid dienone is 6. The summed E-state index contributed by atoms with van der Waals surface area (Å²) in [5.41, 5.74) is 5.40. The number of carbonyl (C=O) groups is 1. The molecule has 0 aliphatic heterocycles. The summed E-state index contributed by atoms with van der Waals surface area (Å²) in [6, 6.07) is 0. The monoisotopic (exact) mass is 938 g/mol. The van der Waals surface area contributed by atoms with Crippen molar-refractivity contribution in [3.05, 3.63) is 36.5 Å². The van der Waals surface area contributed by atoms with E-state index in [2.05, 4.69) is 50.3 Å². The van der Waals surface area contributed by atoms with Crippen molar-refractivity contribution in [3.8, 4) is 0 Å². The van der Waals surface area contributed by atoms with Crippen molar-refractivity contribution < 1.29 is 32.8 Å². The molecule has 65 heavy (non-hydrogen) atoms. The summed E-state index contributed by atoms with van der Waals surface area (Å²) in [7, 11) is -4.29. The first-order valence-electron chi connectivity index (χ1n) is 28.0. The molecule has 0 amide bonds. The Morgan fingerprint density at radius 2 is 0.815 bits per heavy atom. The van der Waals surface area contributed by atoms with Crippen molar-refractivity contribution in [3.63, 3.8) is 0 Å². The summed E-state index contributed by atoms with van der Waals surface area (Å²) < 4.78 is 33.7. The standard InChI is InChI=1S/C56H108NO7P/c1-3-5-7-9-11-13-15-17-19-21-23-25-27-28-30-32-34-36-38-40-42-44-46-48-51-61-53-55(54-63-65(59,60)62-52-50-57)64-56(58)49-47-45-43-41-39-37-35-33-31-29-26-24-22-20-18-16-14-12-10-8-6-4-2/h15,17,21,23,27-28,55H,3-14,16,18-20,22,24-26,29-54,57H2,1-2H3,(H,59,60)/b17-15-,23-21-,28-27-. The van der Waals surface area contributed by atoms with Crippen LogP contribution >= 0.6 is 7.82 Å². The van der Waals surface area contributed by atoms with E-state index in [9.17, 15) is 14.3 Å². The second-order valence-corrected chi connectivity index (χ2v) is 20.3. The van der Waals surface area contributed by atoms with E-state index in [4.69, 9.17) is 24.3 Å². The van der Waals surface area contributed by atoms with Gasteiger partial charge in [-0.1, -0.05) is 256 Å². The van der Waals surface area contributed by atoms with Crippen molar-refractivity contribution >= 4 is 13.8 Å². The van der Waals surface area contributed by atoms with Crippen LogP contribution in [0.1, 0.15) is 277 Å². The molecule has 0 bridgehead atoms. The zero-order valence-corrected chi connectivity index (χ0v) is 43.9. The molecule has 2 unspecified atom stereocenters. The molecule has 0 saturated heterocycles. The van der Waals surface area contributed by atoms with E-state index in [-0.39, 0.29) is 32.3 Å². The number of hydrogen-bond acceptors (Lipinski definition) is 7. The van der Waals surface area contributed by atoms with Gasteiger partial charge in [0.25, 0.3) is 0 Å². The predicted molar refractivity (Wildman–Crippen MR) is 280 cm³/mol. The maximum Gasteiger partial charge on any atom is 0.472 e. The van der Waals surface area contributed by atoms with Crippen LogP contribution < -0.4 is 5.73 Å². The summed E-state index contributed by atoms with van der Waals surface area (Å²) in [6.45, 7) is 4.96. The van der Waals surface area contributed by atoms with Crippen molar-refractivity contribution in [1.29, 1.82) is 0 Å². The van der Waals surface area contributed by atoms with E-state index < -0.39 is 13.9 Å². The van der Waals surface area contributed by atoms with Crippen LogP contribution in [0.5, 0.6) is 0 Å². The van der Waals surface area contributed by atoms with Crippen LogP contribution in [0.2, 0.25) is 0 Å². The Labute approximate surface area is 403 Å². The number of ether oxygens (including phenoxy) is 2. The minimum Gasteiger partial charge on any atom is -0.457 e. The molecule has 0 spiro atoms. The normalized spacial score (nSPS) is 13.5. The molecular weight excluding hydrogens is 830 g/mol. The third kappa shape index (κ3) is 53.5. The van der Waals surface area contributed by atoms with Gasteiger partial charge in [-0.2, -0.15) is 0 Å². The predicted octanol–water partition coefficient (Wildman–Crippen LogP) is 17.7. The number of phosphoric acid groups is 1. The molecule has 0 aliphatic carbocycles. The van der Waals surface area contributed by atoms with Crippen LogP contribution in [-0.2, 0) is 27.9 Å². The SMILES string of the molecule is CCCCCCC/C=C\C/C=C\C/C=C\CCCCCCCCCCCOCC(COP(=O)(O)OCCN)OC(=O)CCCCCCCCCCCCCCCCCCCCCCCC. The van der Waals surface area contributed by atoms with Crippen LogP contribution in [0.4, 0.5) is 0 Å². The smallest absolute Gasteiger partial charge is 0.457 e. The number of rotatable bonds is 54. The maximum absolute atomic E-state index is 12.7. The third-order valence-electron chi connectivity index (χ3n) is 12.3. The maximum atomic E-state index is 12.7. The fraction of sp³-hybridized carbons (Fsp3) is 0.875. The summed E-state index contributed by atoms with van der Waals surface area (Å²) in [6.07, 6.45) is 64.7. The Morgan fingerprint density at radius 3 is 1.22 bits per heavy atom. The zero-order chi connectivity index (χ0) is 47.3. The first-order valence-corrected chi connectivity index (χ1v) is 29.5. The second-order valence-electron chi connectivity index (χ2n) is 18.8. The summed E-state index contributed by atoms with van der Waals surface area (Å²) in [5, 5.41) is 0. The number of phosphoric ester groups is 1. The van der Waals surface area contributed by atoms with Crippen molar-refractivity contribution in [2.45, 2.75) is 283 Å². The van der Waals surface area contributed by atoms with Gasteiger partial charge in [-0.3, -0.25) is 13.8 Å². The highest BCUT2D eigenvalue weighted by atomic mass is 31.2. The van der Waals surface area contributed by atoms with Gasteiger partial charge < -0.3 is 20.1 Å². The van der Waals surface area contributed by atoms with E-state index in [1.54, 1.807) is 0 Å². The lowest BCUT2D eigenvalue weighted by Gasteiger charge is -2.20. The van der Waals surface area contributed by atoms with E-state index in [1.807, 2.05) is 0 Å². The Balaban J connectivity index is 3.89. The Bertz CT molecular complexity index is 1100. The van der Waals surface area contributed by atoms with Gasteiger partial charge in [0, 0.05) is 19.6 Å². The Kier molecular flexibility index (Phi) is 52.6. The lowest BCUT2D eigenvalue weighted by atomic mass is 10.0. The molecule has 0 saturated carbocycles. The van der Waals surface area contributed by atoms with E-state index >= 15 is 0 Å². The topological polar surface area (TPSA) is 117 Å². The number of unbranched alkanes of at least 4 members (excludes halogenated alkanes) is 35. The van der Waals surface area contributed by atoms with Gasteiger partial charge >= 0.3 is 13.8 Å². The van der Waals surface area contributed by atoms with Gasteiger partial charge in [-0.25, -0.2) is 4.57 Å². The molecule has 384 valence electrons. The summed E-state index contributed by atoms with van der Waals surface area (Å²) >= 11 is 0. The van der Waals surface area contributed by atoms with E-state index in [0.717, 1.165) is 44.9 Å². The van der Waals surface area contributed by atoms with Gasteiger partial charge in [0.1, 0.15) is 6.10 Å². The average Bonchev–Trinajstić information content (AvgIpc) is 3.30. The van der Waals surface area contributed by atoms with Gasteiger partial charge in [0.15, 0.2) is 0 Å². The Hall–Kier alpha value is -1.28. The van der Waals surface area contributed by atoms with Crippen LogP contribution in [-0.4, -0.2) is 49.9 Å². The van der Waals surface area contributed by atoms with Gasteiger partial charge in [0.05, 0.1) is 19.8 Å². The zero-order valence-electron chi connectivity index (χ0n) is 43.0. The first kappa shape index (κ1) is 63.7. The quantitative estimate of drug-likeness (QED) is 0.0268. The van der Waals surface area contributed by atoms with Crippen molar-refractivity contribution in [2.75, 3.05) is 33.0 Å². The Morgan fingerprint density at radius 1 is 0.462 bits per heavy atom. The highest BCUT2D eigenvalue weighted by Crippen LogP contribution is 2.43. The molecule has 3 N–H and O–H groups in total. The highest BCUT2D eigenvalue weighted by molar-refractivity contribution is 7.47. The third-order valence-corrected chi connectivity index (χ3v) is 13.3. The first-order chi connectivity index (χ1) is 31.9. The minimum atomic E-state index is -4.29. The molecule has 0 rings (SSSR count). The molecule has 0 radical (unpaired) electrons. The molecular formula is C56H108NO7P. The minimum absolute atomic E-state index is 0.0951. The largest absolute Gasteiger partial charge is 0.472 e. The molecule has 0 heterocycles. The van der Waals surface area contributed by atoms with E-state index in [0.29, 0.717) is 13.0 Å². The fourth-order valence-electron chi connectivity index (χ4n) is 8.18. The molecule has 2 atom stereocenters. The molecule has 8 nitrogen and oxygen atoms in total. The van der Waals surface area contributed by atoms with Crippen LogP contribution in [0, 0.1) is 0 Å². The molecule has 0 aromatic carbocycles. The molecule has 0 aliphatic rings. The van der Waals surface area contributed by atoms with E-state index in [1.165, 1.54) is 212 Å². The summed E-state index contributed by atoms with van der Waals surface area (Å²) in [5.74, 6) is -0.326. The lowest BCUT2D eigenvalue weighted by molar-refractivity contribution is -0.154. The molecule has 0 aromatic rings. The van der Waals surface area contributed by atoms with Crippen LogP contribution in [0.25, 0.3) is 0 Å². The molecule has 0 aromatic heterocycles. The number of nitrogens with two attached hydrogens (primary N) is 1. The second kappa shape index (κ2) is 53.7. The number of carbonyl (C=O) groups excluding carboxylic acids is 1. The van der Waals surface area contributed by atoms with Gasteiger partial charge in [-0.15, -0.1) is 0 Å². The number of esters is 1. The fourth-order valence-corrected chi connectivity index (χ4v) is 8.95. The highest BCUT2D eigenvalue weighted by Gasteiger charge is 2.25. The lowest BCUT2D eigenvalue weighted by Crippen LogP contribution is -2.28. The van der Waals surface area contributed by atoms with Crippen molar-refractivity contribution in [2.24, 2.45) is 5.73 Å². The van der Waals surface area contributed by atoms with Crippen LogP contribution in [0.3, 0.4) is 0 Å². The van der Waals surface area contributed by atoms with Gasteiger partial charge in [-0.05, 0) is 51.4 Å². The number of hydrogen-bond donors (Lipinski definition) is 2. The van der Waals surface area contributed by atoms with Crippen LogP contribution in [0.15, 0.2) is 36.5 Å².